The Hall–Kier alpha value is -6.64. The van der Waals surface area contributed by atoms with Gasteiger partial charge in [0.05, 0.1) is 0 Å². The first-order valence-corrected chi connectivity index (χ1v) is 18.3. The van der Waals surface area contributed by atoms with Crippen molar-refractivity contribution in [1.82, 2.24) is 0 Å². The molecule has 0 N–H and O–H groups in total. The second kappa shape index (κ2) is 13.5. The highest BCUT2D eigenvalue weighted by Gasteiger charge is 2.23. The molecule has 2 nitrogen and oxygen atoms in total. The molecule has 0 atom stereocenters. The Labute approximate surface area is 311 Å². The Morgan fingerprint density at radius 3 is 1.51 bits per heavy atom. The predicted octanol–water partition coefficient (Wildman–Crippen LogP) is 14.4. The molecule has 254 valence electrons. The molecule has 53 heavy (non-hydrogen) atoms. The minimum absolute atomic E-state index is 0.109. The summed E-state index contributed by atoms with van der Waals surface area (Å²) in [6, 6.07) is 71.6. The first-order chi connectivity index (χ1) is 26.0. The largest absolute Gasteiger partial charge is 0.455 e. The van der Waals surface area contributed by atoms with Crippen LogP contribution >= 0.6 is 0 Å². The number of hydrogen-bond donors (Lipinski definition) is 0. The van der Waals surface area contributed by atoms with Gasteiger partial charge in [0.1, 0.15) is 11.2 Å². The monoisotopic (exact) mass is 681 g/mol. The van der Waals surface area contributed by atoms with E-state index in [-0.39, 0.29) is 5.41 Å². The van der Waals surface area contributed by atoms with E-state index >= 15 is 0 Å². The van der Waals surface area contributed by atoms with Crippen molar-refractivity contribution in [2.45, 2.75) is 19.3 Å². The van der Waals surface area contributed by atoms with Crippen LogP contribution in [0.2, 0.25) is 0 Å². The van der Waals surface area contributed by atoms with Crippen LogP contribution in [0.1, 0.15) is 25.0 Å². The third-order valence-corrected chi connectivity index (χ3v) is 10.6. The summed E-state index contributed by atoms with van der Waals surface area (Å²) < 4.78 is 6.39. The summed E-state index contributed by atoms with van der Waals surface area (Å²) in [6.07, 6.45) is 0. The highest BCUT2D eigenvalue weighted by atomic mass is 16.3. The molecule has 1 heterocycles. The Bertz CT molecular complexity index is 2650. The normalized spacial score (nSPS) is 11.6. The van der Waals surface area contributed by atoms with Gasteiger partial charge in [0.2, 0.25) is 0 Å². The molecule has 0 unspecified atom stereocenters. The van der Waals surface area contributed by atoms with Gasteiger partial charge >= 0.3 is 0 Å². The maximum atomic E-state index is 6.39. The Kier molecular flexibility index (Phi) is 8.21. The SMILES string of the molecule is CC(C)(c1ccccc1)c1cccc(-c2ccc(N(c3ccc(-c4ccccc4)cc3)c3ccc(-c4cccc5c4oc4ccccc45)cc3)cc2)c1. The van der Waals surface area contributed by atoms with Gasteiger partial charge in [0.15, 0.2) is 0 Å². The molecule has 1 aromatic heterocycles. The average molecular weight is 682 g/mol. The smallest absolute Gasteiger partial charge is 0.143 e. The Morgan fingerprint density at radius 2 is 0.849 bits per heavy atom. The number of rotatable bonds is 8. The van der Waals surface area contributed by atoms with Gasteiger partial charge in [-0.3, -0.25) is 0 Å². The lowest BCUT2D eigenvalue weighted by Crippen LogP contribution is -2.18. The van der Waals surface area contributed by atoms with Crippen LogP contribution in [0, 0.1) is 0 Å². The van der Waals surface area contributed by atoms with Crippen molar-refractivity contribution in [2.75, 3.05) is 4.90 Å². The second-order valence-corrected chi connectivity index (χ2v) is 14.2. The summed E-state index contributed by atoms with van der Waals surface area (Å²) in [6.45, 7) is 4.60. The Morgan fingerprint density at radius 1 is 0.377 bits per heavy atom. The lowest BCUT2D eigenvalue weighted by Gasteiger charge is -2.27. The molecular weight excluding hydrogens is 643 g/mol. The highest BCUT2D eigenvalue weighted by Crippen LogP contribution is 2.40. The molecule has 2 heteroatoms. The van der Waals surface area contributed by atoms with Crippen molar-refractivity contribution in [2.24, 2.45) is 0 Å². The van der Waals surface area contributed by atoms with E-state index in [1.54, 1.807) is 0 Å². The molecule has 0 saturated heterocycles. The standard InChI is InChI=1S/C51H39NO/c1-51(2,41-16-7-4-8-17-41)42-18-11-15-40(35-42)38-25-31-44(32-26-38)52(43-29-23-37(24-30-43)36-13-5-3-6-14-36)45-33-27-39(28-34-45)46-20-12-21-48-47-19-9-10-22-49(47)53-50(46)48/h3-35H,1-2H3. The quantitative estimate of drug-likeness (QED) is 0.159. The molecule has 8 aromatic carbocycles. The zero-order valence-electron chi connectivity index (χ0n) is 29.9. The molecule has 0 aliphatic heterocycles. The lowest BCUT2D eigenvalue weighted by atomic mass is 9.77. The van der Waals surface area contributed by atoms with E-state index in [0.29, 0.717) is 0 Å². The molecular formula is C51H39NO. The molecule has 0 saturated carbocycles. The van der Waals surface area contributed by atoms with E-state index in [1.807, 2.05) is 12.1 Å². The number of fused-ring (bicyclic) bond motifs is 3. The molecule has 0 aliphatic rings. The summed E-state index contributed by atoms with van der Waals surface area (Å²) in [5, 5.41) is 2.28. The molecule has 0 amide bonds. The van der Waals surface area contributed by atoms with E-state index in [4.69, 9.17) is 4.42 Å². The van der Waals surface area contributed by atoms with Crippen LogP contribution in [0.15, 0.2) is 205 Å². The van der Waals surface area contributed by atoms with Crippen LogP contribution in [0.4, 0.5) is 17.1 Å². The average Bonchev–Trinajstić information content (AvgIpc) is 3.62. The Balaban J connectivity index is 1.08. The number of furan rings is 1. The van der Waals surface area contributed by atoms with Gasteiger partial charge in [-0.15, -0.1) is 0 Å². The van der Waals surface area contributed by atoms with Crippen LogP contribution in [0.3, 0.4) is 0 Å². The fraction of sp³-hybridized carbons (Fsp3) is 0.0588. The number of nitrogens with zero attached hydrogens (tertiary/aromatic N) is 1. The maximum Gasteiger partial charge on any atom is 0.143 e. The van der Waals surface area contributed by atoms with Gasteiger partial charge < -0.3 is 9.32 Å². The van der Waals surface area contributed by atoms with Crippen LogP contribution in [-0.4, -0.2) is 0 Å². The topological polar surface area (TPSA) is 16.4 Å². The highest BCUT2D eigenvalue weighted by molar-refractivity contribution is 6.09. The van der Waals surface area contributed by atoms with Gasteiger partial charge in [-0.2, -0.15) is 0 Å². The van der Waals surface area contributed by atoms with Gasteiger partial charge in [0.25, 0.3) is 0 Å². The summed E-state index contributed by atoms with van der Waals surface area (Å²) in [7, 11) is 0. The molecule has 9 rings (SSSR count). The van der Waals surface area contributed by atoms with Crippen LogP contribution in [-0.2, 0) is 5.41 Å². The summed E-state index contributed by atoms with van der Waals surface area (Å²) in [5.74, 6) is 0. The van der Waals surface area contributed by atoms with Crippen molar-refractivity contribution >= 4 is 39.0 Å². The first-order valence-electron chi connectivity index (χ1n) is 18.3. The van der Waals surface area contributed by atoms with Crippen molar-refractivity contribution in [3.05, 3.63) is 211 Å². The molecule has 0 bridgehead atoms. The maximum absolute atomic E-state index is 6.39. The predicted molar refractivity (Wildman–Crippen MR) is 223 cm³/mol. The van der Waals surface area contributed by atoms with E-state index in [0.717, 1.165) is 50.1 Å². The zero-order valence-corrected chi connectivity index (χ0v) is 29.9. The fourth-order valence-corrected chi connectivity index (χ4v) is 7.56. The zero-order chi connectivity index (χ0) is 35.8. The molecule has 0 spiro atoms. The van der Waals surface area contributed by atoms with Crippen LogP contribution in [0.5, 0.6) is 0 Å². The van der Waals surface area contributed by atoms with E-state index in [2.05, 4.69) is 207 Å². The number of benzene rings is 8. The van der Waals surface area contributed by atoms with E-state index in [9.17, 15) is 0 Å². The first kappa shape index (κ1) is 32.3. The van der Waals surface area contributed by atoms with Crippen molar-refractivity contribution in [1.29, 1.82) is 0 Å². The van der Waals surface area contributed by atoms with Gasteiger partial charge in [-0.25, -0.2) is 0 Å². The fourth-order valence-electron chi connectivity index (χ4n) is 7.56. The van der Waals surface area contributed by atoms with Crippen molar-refractivity contribution < 1.29 is 4.42 Å². The minimum atomic E-state index is -0.109. The number of para-hydroxylation sites is 2. The number of anilines is 3. The summed E-state index contributed by atoms with van der Waals surface area (Å²) >= 11 is 0. The van der Waals surface area contributed by atoms with Crippen LogP contribution < -0.4 is 4.90 Å². The van der Waals surface area contributed by atoms with Crippen molar-refractivity contribution in [3.63, 3.8) is 0 Å². The third kappa shape index (κ3) is 6.09. The third-order valence-electron chi connectivity index (χ3n) is 10.6. The van der Waals surface area contributed by atoms with E-state index in [1.165, 1.54) is 33.4 Å². The molecule has 0 aliphatic carbocycles. The van der Waals surface area contributed by atoms with E-state index < -0.39 is 0 Å². The molecule has 0 radical (unpaired) electrons. The minimum Gasteiger partial charge on any atom is -0.455 e. The van der Waals surface area contributed by atoms with Gasteiger partial charge in [-0.1, -0.05) is 172 Å². The second-order valence-electron chi connectivity index (χ2n) is 14.2. The molecule has 9 aromatic rings. The molecule has 0 fully saturated rings. The lowest BCUT2D eigenvalue weighted by molar-refractivity contribution is 0.641. The summed E-state index contributed by atoms with van der Waals surface area (Å²) in [4.78, 5) is 2.33. The number of hydrogen-bond acceptors (Lipinski definition) is 2. The van der Waals surface area contributed by atoms with Gasteiger partial charge in [-0.05, 0) is 81.4 Å². The van der Waals surface area contributed by atoms with Gasteiger partial charge in [0, 0.05) is 38.8 Å². The van der Waals surface area contributed by atoms with Crippen LogP contribution in [0.25, 0.3) is 55.3 Å². The van der Waals surface area contributed by atoms with Crippen molar-refractivity contribution in [3.8, 4) is 33.4 Å². The summed E-state index contributed by atoms with van der Waals surface area (Å²) in [5.41, 5.74) is 14.6.